The maximum absolute atomic E-state index is 3.34. The van der Waals surface area contributed by atoms with Gasteiger partial charge in [0.1, 0.15) is 0 Å². The lowest BCUT2D eigenvalue weighted by molar-refractivity contribution is 0.297. The predicted octanol–water partition coefficient (Wildman–Crippen LogP) is 1.21. The van der Waals surface area contributed by atoms with Crippen molar-refractivity contribution in [2.45, 2.75) is 20.8 Å². The average molecular weight is 154 g/mol. The van der Waals surface area contributed by atoms with Crippen molar-refractivity contribution in [3.63, 3.8) is 0 Å². The standard InChI is InChI=1S/C9H18N2/c1-8(2)9(3)11-6-4-10-5-7-11/h10H,4-7H2,1-3H3. The van der Waals surface area contributed by atoms with Crippen LogP contribution in [-0.2, 0) is 0 Å². The highest BCUT2D eigenvalue weighted by Gasteiger charge is 2.09. The van der Waals surface area contributed by atoms with Crippen LogP contribution in [0.2, 0.25) is 0 Å². The lowest BCUT2D eigenvalue weighted by atomic mass is 10.2. The van der Waals surface area contributed by atoms with E-state index in [4.69, 9.17) is 0 Å². The highest BCUT2D eigenvalue weighted by atomic mass is 15.2. The van der Waals surface area contributed by atoms with E-state index in [2.05, 4.69) is 31.0 Å². The van der Waals surface area contributed by atoms with Gasteiger partial charge in [0, 0.05) is 31.9 Å². The van der Waals surface area contributed by atoms with Crippen LogP contribution in [0.5, 0.6) is 0 Å². The molecule has 0 amide bonds. The summed E-state index contributed by atoms with van der Waals surface area (Å²) < 4.78 is 0. The molecule has 0 aromatic rings. The van der Waals surface area contributed by atoms with Gasteiger partial charge in [0.2, 0.25) is 0 Å². The fourth-order valence-electron chi connectivity index (χ4n) is 1.32. The molecular formula is C9H18N2. The molecule has 11 heavy (non-hydrogen) atoms. The fourth-order valence-corrected chi connectivity index (χ4v) is 1.32. The summed E-state index contributed by atoms with van der Waals surface area (Å²) in [5.41, 5.74) is 2.89. The van der Waals surface area contributed by atoms with Gasteiger partial charge in [-0.25, -0.2) is 0 Å². The third-order valence-electron chi connectivity index (χ3n) is 2.31. The van der Waals surface area contributed by atoms with Crippen molar-refractivity contribution in [1.82, 2.24) is 10.2 Å². The molecule has 1 aliphatic rings. The second-order valence-electron chi connectivity index (χ2n) is 3.32. The second kappa shape index (κ2) is 3.77. The Balaban J connectivity index is 2.52. The Bertz CT molecular complexity index is 151. The molecule has 1 saturated heterocycles. The lowest BCUT2D eigenvalue weighted by Gasteiger charge is -2.30. The van der Waals surface area contributed by atoms with Gasteiger partial charge in [-0.2, -0.15) is 0 Å². The molecule has 0 aromatic heterocycles. The number of nitrogens with zero attached hydrogens (tertiary/aromatic N) is 1. The van der Waals surface area contributed by atoms with Gasteiger partial charge < -0.3 is 10.2 Å². The summed E-state index contributed by atoms with van der Waals surface area (Å²) in [5.74, 6) is 0. The molecule has 0 aromatic carbocycles. The van der Waals surface area contributed by atoms with Crippen molar-refractivity contribution in [3.8, 4) is 0 Å². The predicted molar refractivity (Wildman–Crippen MR) is 48.5 cm³/mol. The monoisotopic (exact) mass is 154 g/mol. The van der Waals surface area contributed by atoms with Crippen molar-refractivity contribution >= 4 is 0 Å². The van der Waals surface area contributed by atoms with Crippen LogP contribution >= 0.6 is 0 Å². The van der Waals surface area contributed by atoms with Gasteiger partial charge in [-0.15, -0.1) is 0 Å². The van der Waals surface area contributed by atoms with E-state index >= 15 is 0 Å². The molecule has 1 N–H and O–H groups in total. The lowest BCUT2D eigenvalue weighted by Crippen LogP contribution is -2.42. The first-order valence-electron chi connectivity index (χ1n) is 4.31. The maximum atomic E-state index is 3.34. The summed E-state index contributed by atoms with van der Waals surface area (Å²) in [7, 11) is 0. The Morgan fingerprint density at radius 3 is 2.09 bits per heavy atom. The van der Waals surface area contributed by atoms with Crippen molar-refractivity contribution < 1.29 is 0 Å². The fraction of sp³-hybridized carbons (Fsp3) is 0.778. The first-order valence-corrected chi connectivity index (χ1v) is 4.31. The number of hydrogen-bond donors (Lipinski definition) is 1. The molecule has 2 heteroatoms. The number of hydrogen-bond acceptors (Lipinski definition) is 2. The first kappa shape index (κ1) is 8.60. The second-order valence-corrected chi connectivity index (χ2v) is 3.32. The summed E-state index contributed by atoms with van der Waals surface area (Å²) >= 11 is 0. The van der Waals surface area contributed by atoms with Crippen LogP contribution < -0.4 is 5.32 Å². The largest absolute Gasteiger partial charge is 0.373 e. The molecule has 0 saturated carbocycles. The van der Waals surface area contributed by atoms with Crippen LogP contribution in [0.4, 0.5) is 0 Å². The Kier molecular flexibility index (Phi) is 2.94. The number of nitrogens with one attached hydrogen (secondary N) is 1. The molecular weight excluding hydrogens is 136 g/mol. The van der Waals surface area contributed by atoms with Crippen LogP contribution in [0, 0.1) is 0 Å². The molecule has 1 rings (SSSR count). The minimum absolute atomic E-state index is 1.13. The smallest absolute Gasteiger partial charge is 0.0300 e. The Labute approximate surface area is 69.3 Å². The third kappa shape index (κ3) is 2.22. The number of allylic oxidation sites excluding steroid dienone is 2. The molecule has 0 radical (unpaired) electrons. The van der Waals surface area contributed by atoms with E-state index < -0.39 is 0 Å². The van der Waals surface area contributed by atoms with E-state index in [0.717, 1.165) is 26.2 Å². The van der Waals surface area contributed by atoms with Gasteiger partial charge in [-0.05, 0) is 20.8 Å². The summed E-state index contributed by atoms with van der Waals surface area (Å²) in [6.07, 6.45) is 0. The van der Waals surface area contributed by atoms with Crippen molar-refractivity contribution in [2.24, 2.45) is 0 Å². The zero-order chi connectivity index (χ0) is 8.27. The van der Waals surface area contributed by atoms with Crippen LogP contribution in [-0.4, -0.2) is 31.1 Å². The van der Waals surface area contributed by atoms with Gasteiger partial charge in [0.25, 0.3) is 0 Å². The number of rotatable bonds is 1. The molecule has 2 nitrogen and oxygen atoms in total. The van der Waals surface area contributed by atoms with Crippen LogP contribution in [0.3, 0.4) is 0 Å². The molecule has 1 fully saturated rings. The SMILES string of the molecule is CC(C)=C(C)N1CCNCC1. The molecule has 0 spiro atoms. The van der Waals surface area contributed by atoms with E-state index in [1.165, 1.54) is 11.3 Å². The Morgan fingerprint density at radius 1 is 1.09 bits per heavy atom. The highest BCUT2D eigenvalue weighted by Crippen LogP contribution is 2.09. The summed E-state index contributed by atoms with van der Waals surface area (Å²) in [5, 5.41) is 3.34. The highest BCUT2D eigenvalue weighted by molar-refractivity contribution is 5.06. The topological polar surface area (TPSA) is 15.3 Å². The molecule has 1 aliphatic heterocycles. The molecule has 0 unspecified atom stereocenters. The Morgan fingerprint density at radius 2 is 1.64 bits per heavy atom. The minimum Gasteiger partial charge on any atom is -0.373 e. The summed E-state index contributed by atoms with van der Waals surface area (Å²) in [6.45, 7) is 11.2. The van der Waals surface area contributed by atoms with Crippen molar-refractivity contribution in [2.75, 3.05) is 26.2 Å². The third-order valence-corrected chi connectivity index (χ3v) is 2.31. The summed E-state index contributed by atoms with van der Waals surface area (Å²) in [6, 6.07) is 0. The molecule has 0 aliphatic carbocycles. The molecule has 64 valence electrons. The zero-order valence-electron chi connectivity index (χ0n) is 7.78. The van der Waals surface area contributed by atoms with E-state index in [9.17, 15) is 0 Å². The molecule has 1 heterocycles. The van der Waals surface area contributed by atoms with Gasteiger partial charge in [0.15, 0.2) is 0 Å². The van der Waals surface area contributed by atoms with Crippen molar-refractivity contribution in [1.29, 1.82) is 0 Å². The Hall–Kier alpha value is -0.500. The number of piperazine rings is 1. The van der Waals surface area contributed by atoms with Gasteiger partial charge in [-0.3, -0.25) is 0 Å². The van der Waals surface area contributed by atoms with Crippen LogP contribution in [0.1, 0.15) is 20.8 Å². The zero-order valence-corrected chi connectivity index (χ0v) is 7.78. The minimum atomic E-state index is 1.13. The quantitative estimate of drug-likeness (QED) is 0.610. The van der Waals surface area contributed by atoms with Crippen LogP contribution in [0.25, 0.3) is 0 Å². The average Bonchev–Trinajstić information content (AvgIpc) is 2.05. The maximum Gasteiger partial charge on any atom is 0.0300 e. The van der Waals surface area contributed by atoms with Crippen LogP contribution in [0.15, 0.2) is 11.3 Å². The van der Waals surface area contributed by atoms with E-state index in [1.807, 2.05) is 0 Å². The first-order chi connectivity index (χ1) is 5.22. The molecule has 0 atom stereocenters. The van der Waals surface area contributed by atoms with E-state index in [1.54, 1.807) is 0 Å². The molecule has 0 bridgehead atoms. The van der Waals surface area contributed by atoms with Crippen molar-refractivity contribution in [3.05, 3.63) is 11.3 Å². The van der Waals surface area contributed by atoms with E-state index in [-0.39, 0.29) is 0 Å². The summed E-state index contributed by atoms with van der Waals surface area (Å²) in [4.78, 5) is 2.45. The van der Waals surface area contributed by atoms with Gasteiger partial charge >= 0.3 is 0 Å². The van der Waals surface area contributed by atoms with E-state index in [0.29, 0.717) is 0 Å². The van der Waals surface area contributed by atoms with Gasteiger partial charge in [-0.1, -0.05) is 5.57 Å². The van der Waals surface area contributed by atoms with Gasteiger partial charge in [0.05, 0.1) is 0 Å². The normalized spacial score (nSPS) is 18.3.